The Morgan fingerprint density at radius 1 is 0.841 bits per heavy atom. The number of Topliss-reactive ketones (excluding diaryl/α,β-unsaturated/α-hetero) is 1. The number of alkyl carbamates (subject to hydrolysis) is 1. The van der Waals surface area contributed by atoms with Crippen molar-refractivity contribution in [1.82, 2.24) is 5.32 Å². The van der Waals surface area contributed by atoms with Crippen LogP contribution in [0.15, 0.2) is 60.7 Å². The minimum atomic E-state index is -1.63. The Balaban J connectivity index is 1.88. The molecule has 3 rings (SSSR count). The number of ether oxygens (including phenoxy) is 5. The van der Waals surface area contributed by atoms with Gasteiger partial charge >= 0.3 is 30.0 Å². The maximum Gasteiger partial charge on any atom is 0.408 e. The molecule has 12 heteroatoms. The van der Waals surface area contributed by atoms with Crippen molar-refractivity contribution >= 4 is 35.8 Å². The van der Waals surface area contributed by atoms with Gasteiger partial charge in [-0.05, 0) is 31.4 Å². The highest BCUT2D eigenvalue weighted by Crippen LogP contribution is 2.19. The number of cyclic esters (lactones) is 4. The fourth-order valence-electron chi connectivity index (χ4n) is 4.21. The summed E-state index contributed by atoms with van der Waals surface area (Å²) in [5, 5.41) is 2.33. The fraction of sp³-hybridized carbons (Fsp3) is 0.438. The summed E-state index contributed by atoms with van der Waals surface area (Å²) < 4.78 is 26.7. The number of hydrogen-bond donors (Lipinski definition) is 1. The van der Waals surface area contributed by atoms with Gasteiger partial charge in [0, 0.05) is 12.3 Å². The van der Waals surface area contributed by atoms with Crippen LogP contribution in [0.25, 0.3) is 0 Å². The van der Waals surface area contributed by atoms with Crippen LogP contribution in [0.1, 0.15) is 51.7 Å². The van der Waals surface area contributed by atoms with Crippen LogP contribution in [0.3, 0.4) is 0 Å². The van der Waals surface area contributed by atoms with E-state index in [0.29, 0.717) is 17.5 Å². The lowest BCUT2D eigenvalue weighted by atomic mass is 10.0. The Hall–Kier alpha value is -4.74. The first kappa shape index (κ1) is 33.8. The predicted octanol–water partition coefficient (Wildman–Crippen LogP) is 3.23. The number of ketones is 1. The van der Waals surface area contributed by atoms with Gasteiger partial charge in [0.05, 0.1) is 0 Å². The average molecular weight is 612 g/mol. The number of nitrogens with one attached hydrogen (secondary N) is 1. The summed E-state index contributed by atoms with van der Waals surface area (Å²) >= 11 is 0. The third-order valence-electron chi connectivity index (χ3n) is 6.99. The molecule has 12 nitrogen and oxygen atoms in total. The van der Waals surface area contributed by atoms with Crippen LogP contribution < -0.4 is 5.32 Å². The van der Waals surface area contributed by atoms with E-state index in [1.807, 2.05) is 0 Å². The van der Waals surface area contributed by atoms with Gasteiger partial charge in [-0.3, -0.25) is 9.59 Å². The topological polar surface area (TPSA) is 161 Å². The van der Waals surface area contributed by atoms with Gasteiger partial charge in [0.1, 0.15) is 19.1 Å². The van der Waals surface area contributed by atoms with E-state index in [9.17, 15) is 28.8 Å². The maximum absolute atomic E-state index is 13.3. The van der Waals surface area contributed by atoms with Crippen LogP contribution in [-0.2, 0) is 60.7 Å². The van der Waals surface area contributed by atoms with Gasteiger partial charge in [0.25, 0.3) is 0 Å². The molecule has 1 aliphatic rings. The van der Waals surface area contributed by atoms with E-state index in [2.05, 4.69) is 5.32 Å². The normalized spacial score (nSPS) is 24.4. The van der Waals surface area contributed by atoms with Gasteiger partial charge in [-0.15, -0.1) is 0 Å². The molecule has 236 valence electrons. The molecule has 1 unspecified atom stereocenters. The Morgan fingerprint density at radius 2 is 1.45 bits per heavy atom. The number of carbonyl (C=O) groups is 6. The first-order valence-electron chi connectivity index (χ1n) is 14.3. The summed E-state index contributed by atoms with van der Waals surface area (Å²) in [5.74, 6) is -5.52. The fourth-order valence-corrected chi connectivity index (χ4v) is 4.21. The zero-order valence-electron chi connectivity index (χ0n) is 25.1. The minimum absolute atomic E-state index is 0.0648. The van der Waals surface area contributed by atoms with E-state index in [0.717, 1.165) is 0 Å². The Kier molecular flexibility index (Phi) is 12.4. The Bertz CT molecular complexity index is 1310. The maximum atomic E-state index is 13.3. The molecule has 6 atom stereocenters. The van der Waals surface area contributed by atoms with E-state index >= 15 is 0 Å². The molecule has 0 radical (unpaired) electrons. The third-order valence-corrected chi connectivity index (χ3v) is 6.99. The third kappa shape index (κ3) is 9.92. The molecule has 1 N–H and O–H groups in total. The molecule has 0 aliphatic carbocycles. The number of hydrogen-bond acceptors (Lipinski definition) is 11. The lowest BCUT2D eigenvalue weighted by Gasteiger charge is -2.27. The van der Waals surface area contributed by atoms with Crippen LogP contribution in [0.5, 0.6) is 0 Å². The minimum Gasteiger partial charge on any atom is -0.457 e. The monoisotopic (exact) mass is 611 g/mol. The van der Waals surface area contributed by atoms with Gasteiger partial charge in [0.15, 0.2) is 24.0 Å². The molecular formula is C32H37NO11. The second-order valence-electron chi connectivity index (χ2n) is 10.5. The van der Waals surface area contributed by atoms with Gasteiger partial charge in [0.2, 0.25) is 6.10 Å². The summed E-state index contributed by atoms with van der Waals surface area (Å²) in [5.41, 5.74) is 1.32. The molecule has 1 fully saturated rings. The van der Waals surface area contributed by atoms with Crippen molar-refractivity contribution in [2.45, 2.75) is 84.0 Å². The molecule has 1 heterocycles. The van der Waals surface area contributed by atoms with E-state index in [4.69, 9.17) is 23.7 Å². The van der Waals surface area contributed by atoms with Crippen LogP contribution in [0.4, 0.5) is 4.79 Å². The lowest BCUT2D eigenvalue weighted by molar-refractivity contribution is -0.178. The van der Waals surface area contributed by atoms with E-state index < -0.39 is 78.6 Å². The predicted molar refractivity (Wildman–Crippen MR) is 154 cm³/mol. The van der Waals surface area contributed by atoms with Gasteiger partial charge in [-0.1, -0.05) is 74.5 Å². The summed E-state index contributed by atoms with van der Waals surface area (Å²) in [6.07, 6.45) is -7.21. The SMILES string of the molecule is CC[C@H](C)[C@@H]1OC(=O)CC(=O)[C@@H](Cc2ccccc2)OC(=O)[C@H](C)OC(=O)C(NC(=O)OCc2ccccc2)[C@@H](C)OC1=O. The first-order valence-corrected chi connectivity index (χ1v) is 14.3. The number of rotatable bonds is 7. The van der Waals surface area contributed by atoms with Crippen molar-refractivity contribution in [3.8, 4) is 0 Å². The Labute approximate surface area is 255 Å². The van der Waals surface area contributed by atoms with Crippen LogP contribution in [-0.4, -0.2) is 66.2 Å². The average Bonchev–Trinajstić information content (AvgIpc) is 3.01. The molecule has 1 amide bonds. The van der Waals surface area contributed by atoms with Gasteiger partial charge < -0.3 is 29.0 Å². The van der Waals surface area contributed by atoms with Gasteiger partial charge in [-0.25, -0.2) is 19.2 Å². The molecule has 2 aromatic rings. The van der Waals surface area contributed by atoms with Crippen molar-refractivity contribution < 1.29 is 52.5 Å². The number of esters is 4. The van der Waals surface area contributed by atoms with Crippen molar-refractivity contribution in [1.29, 1.82) is 0 Å². The Morgan fingerprint density at radius 3 is 2.07 bits per heavy atom. The number of benzene rings is 2. The molecule has 0 saturated carbocycles. The molecule has 0 spiro atoms. The quantitative estimate of drug-likeness (QED) is 0.278. The largest absolute Gasteiger partial charge is 0.457 e. The summed E-state index contributed by atoms with van der Waals surface area (Å²) in [7, 11) is 0. The lowest BCUT2D eigenvalue weighted by Crippen LogP contribution is -2.52. The molecule has 2 aromatic carbocycles. The molecular weight excluding hydrogens is 574 g/mol. The second kappa shape index (κ2) is 16.2. The van der Waals surface area contributed by atoms with Gasteiger partial charge in [-0.2, -0.15) is 0 Å². The van der Waals surface area contributed by atoms with Crippen molar-refractivity contribution in [2.24, 2.45) is 5.92 Å². The molecule has 1 aliphatic heterocycles. The van der Waals surface area contributed by atoms with E-state index in [-0.39, 0.29) is 13.0 Å². The highest BCUT2D eigenvalue weighted by Gasteiger charge is 2.39. The van der Waals surface area contributed by atoms with Crippen LogP contribution in [0.2, 0.25) is 0 Å². The van der Waals surface area contributed by atoms with Crippen molar-refractivity contribution in [3.63, 3.8) is 0 Å². The smallest absolute Gasteiger partial charge is 0.408 e. The van der Waals surface area contributed by atoms with Crippen molar-refractivity contribution in [2.75, 3.05) is 0 Å². The van der Waals surface area contributed by atoms with Crippen molar-refractivity contribution in [3.05, 3.63) is 71.8 Å². The van der Waals surface area contributed by atoms with Crippen LogP contribution >= 0.6 is 0 Å². The van der Waals surface area contributed by atoms with Crippen LogP contribution in [0, 0.1) is 5.92 Å². The van der Waals surface area contributed by atoms with E-state index in [1.165, 1.54) is 13.8 Å². The second-order valence-corrected chi connectivity index (χ2v) is 10.5. The number of carbonyl (C=O) groups excluding carboxylic acids is 6. The molecule has 44 heavy (non-hydrogen) atoms. The highest BCUT2D eigenvalue weighted by molar-refractivity contribution is 5.99. The standard InChI is InChI=1S/C32H37NO11/c1-5-19(2)28-31(38)41-20(3)27(33-32(39)40-18-23-14-10-7-11-15-23)30(37)42-21(4)29(36)43-25(24(34)17-26(35)44-28)16-22-12-8-6-9-13-22/h6-15,19-21,25,27-28H,5,16-18H2,1-4H3,(H,33,39)/t19-,20+,21-,25+,27?,28-/m0/s1. The molecule has 0 aromatic heterocycles. The zero-order chi connectivity index (χ0) is 32.2. The molecule has 1 saturated heterocycles. The first-order chi connectivity index (χ1) is 21.0. The molecule has 0 bridgehead atoms. The summed E-state index contributed by atoms with van der Waals surface area (Å²) in [6.45, 7) is 5.83. The van der Waals surface area contributed by atoms with E-state index in [1.54, 1.807) is 74.5 Å². The number of amides is 1. The highest BCUT2D eigenvalue weighted by atomic mass is 16.6. The summed E-state index contributed by atoms with van der Waals surface area (Å²) in [4.78, 5) is 78.0. The summed E-state index contributed by atoms with van der Waals surface area (Å²) in [6, 6.07) is 15.8. The zero-order valence-corrected chi connectivity index (χ0v) is 25.1.